The molecular formula is C37H40N4O6. The van der Waals surface area contributed by atoms with Crippen LogP contribution in [0.3, 0.4) is 0 Å². The number of rotatable bonds is 17. The van der Waals surface area contributed by atoms with Crippen molar-refractivity contribution in [2.75, 3.05) is 19.8 Å². The normalized spacial score (nSPS) is 11.5. The molecule has 0 radical (unpaired) electrons. The summed E-state index contributed by atoms with van der Waals surface area (Å²) in [7, 11) is 0. The summed E-state index contributed by atoms with van der Waals surface area (Å²) in [5, 5.41) is 14.1. The summed E-state index contributed by atoms with van der Waals surface area (Å²) in [4.78, 5) is 46.0. The van der Waals surface area contributed by atoms with Gasteiger partial charge in [-0.25, -0.2) is 9.97 Å². The van der Waals surface area contributed by atoms with E-state index in [1.165, 1.54) is 0 Å². The van der Waals surface area contributed by atoms with Crippen molar-refractivity contribution in [2.24, 2.45) is 0 Å². The zero-order valence-corrected chi connectivity index (χ0v) is 26.6. The van der Waals surface area contributed by atoms with E-state index in [2.05, 4.69) is 32.8 Å². The van der Waals surface area contributed by atoms with E-state index in [1.54, 1.807) is 36.7 Å². The molecule has 0 bridgehead atoms. The van der Waals surface area contributed by atoms with Gasteiger partial charge in [-0.1, -0.05) is 48.6 Å². The quantitative estimate of drug-likeness (QED) is 0.0965. The van der Waals surface area contributed by atoms with Crippen LogP contribution in [0.25, 0.3) is 22.5 Å². The molecule has 0 aliphatic heterocycles. The summed E-state index contributed by atoms with van der Waals surface area (Å²) >= 11 is 0. The Bertz CT molecular complexity index is 1620. The second-order valence-electron chi connectivity index (χ2n) is 10.7. The molecule has 4 rings (SSSR count). The number of carbonyl (C=O) groups excluding carboxylic acids is 2. The van der Waals surface area contributed by atoms with E-state index in [-0.39, 0.29) is 6.42 Å². The summed E-state index contributed by atoms with van der Waals surface area (Å²) in [6.07, 6.45) is 11.1. The molecule has 47 heavy (non-hydrogen) atoms. The Morgan fingerprint density at radius 3 is 2.11 bits per heavy atom. The lowest BCUT2D eigenvalue weighted by Gasteiger charge is -2.18. The second-order valence-corrected chi connectivity index (χ2v) is 10.7. The molecule has 2 amide bonds. The Kier molecular flexibility index (Phi) is 13.0. The predicted molar refractivity (Wildman–Crippen MR) is 180 cm³/mol. The highest BCUT2D eigenvalue weighted by atomic mass is 16.5. The Morgan fingerprint density at radius 1 is 0.830 bits per heavy atom. The standard InChI is InChI=1S/C37H40N4O6/c1-3-5-6-7-8-21-47-32-17-13-27(14-18-32)30-23-38-35(39-24-30)28-11-9-26(10-12-28)22-33(37(45)40-25-34(42)43)41-36(44)29-15-19-31(20-16-29)46-4-2/h3,5,9-20,23-24,33H,4,6-8,21-22,25H2,1-2H3,(H,40,45)(H,41,44)(H,42,43)/b5-3+/t33-/m0/s1. The maximum atomic E-state index is 13.0. The lowest BCUT2D eigenvalue weighted by atomic mass is 10.0. The van der Waals surface area contributed by atoms with Crippen LogP contribution in [-0.4, -0.2) is 58.7 Å². The second kappa shape index (κ2) is 17.8. The number of amides is 2. The van der Waals surface area contributed by atoms with E-state index in [0.717, 1.165) is 47.3 Å². The van der Waals surface area contributed by atoms with Crippen LogP contribution in [0, 0.1) is 0 Å². The van der Waals surface area contributed by atoms with Gasteiger partial charge in [0.2, 0.25) is 5.91 Å². The SMILES string of the molecule is C/C=C/CCCCOc1ccc(-c2cnc(-c3ccc(C[C@H](NC(=O)c4ccc(OCC)cc4)C(=O)NCC(=O)O)cc3)nc2)cc1. The molecule has 1 atom stereocenters. The van der Waals surface area contributed by atoms with Crippen LogP contribution in [-0.2, 0) is 16.0 Å². The Morgan fingerprint density at radius 2 is 1.47 bits per heavy atom. The summed E-state index contributed by atoms with van der Waals surface area (Å²) < 4.78 is 11.3. The largest absolute Gasteiger partial charge is 0.494 e. The monoisotopic (exact) mass is 636 g/mol. The average Bonchev–Trinajstić information content (AvgIpc) is 3.09. The van der Waals surface area contributed by atoms with E-state index in [1.807, 2.05) is 62.4 Å². The zero-order valence-electron chi connectivity index (χ0n) is 26.6. The number of hydrogen-bond donors (Lipinski definition) is 3. The molecule has 4 aromatic rings. The number of nitrogens with zero attached hydrogens (tertiary/aromatic N) is 2. The number of carboxylic acid groups (broad SMARTS) is 1. The Hall–Kier alpha value is -5.51. The molecular weight excluding hydrogens is 596 g/mol. The highest BCUT2D eigenvalue weighted by Gasteiger charge is 2.23. The van der Waals surface area contributed by atoms with Crippen LogP contribution in [0.4, 0.5) is 0 Å². The van der Waals surface area contributed by atoms with Crippen molar-refractivity contribution in [2.45, 2.75) is 45.6 Å². The van der Waals surface area contributed by atoms with Gasteiger partial charge >= 0.3 is 5.97 Å². The van der Waals surface area contributed by atoms with Crippen molar-refractivity contribution in [1.29, 1.82) is 0 Å². The minimum Gasteiger partial charge on any atom is -0.494 e. The van der Waals surface area contributed by atoms with Gasteiger partial charge < -0.3 is 25.2 Å². The molecule has 10 heteroatoms. The van der Waals surface area contributed by atoms with Gasteiger partial charge in [-0.3, -0.25) is 14.4 Å². The minimum atomic E-state index is -1.18. The summed E-state index contributed by atoms with van der Waals surface area (Å²) in [5.74, 6) is -0.258. The maximum absolute atomic E-state index is 13.0. The van der Waals surface area contributed by atoms with Crippen LogP contribution >= 0.6 is 0 Å². The third kappa shape index (κ3) is 10.8. The first-order valence-electron chi connectivity index (χ1n) is 15.6. The minimum absolute atomic E-state index is 0.143. The number of hydrogen-bond acceptors (Lipinski definition) is 7. The van der Waals surface area contributed by atoms with Gasteiger partial charge in [0.05, 0.1) is 13.2 Å². The van der Waals surface area contributed by atoms with Crippen molar-refractivity contribution in [3.8, 4) is 34.0 Å². The Balaban J connectivity index is 1.37. The van der Waals surface area contributed by atoms with Crippen molar-refractivity contribution in [3.05, 3.63) is 108 Å². The molecule has 3 aromatic carbocycles. The van der Waals surface area contributed by atoms with Crippen LogP contribution in [0.5, 0.6) is 11.5 Å². The number of ether oxygens (including phenoxy) is 2. The molecule has 0 fully saturated rings. The highest BCUT2D eigenvalue weighted by molar-refractivity contribution is 5.98. The third-order valence-electron chi connectivity index (χ3n) is 7.22. The Labute approximate surface area is 274 Å². The van der Waals surface area contributed by atoms with Gasteiger partial charge in [0.25, 0.3) is 5.91 Å². The van der Waals surface area contributed by atoms with Crippen LogP contribution < -0.4 is 20.1 Å². The number of carbonyl (C=O) groups is 3. The maximum Gasteiger partial charge on any atom is 0.322 e. The van der Waals surface area contributed by atoms with Gasteiger partial charge in [-0.15, -0.1) is 0 Å². The van der Waals surface area contributed by atoms with E-state index in [9.17, 15) is 14.4 Å². The molecule has 1 heterocycles. The highest BCUT2D eigenvalue weighted by Crippen LogP contribution is 2.24. The van der Waals surface area contributed by atoms with Gasteiger partial charge in [-0.2, -0.15) is 0 Å². The molecule has 0 spiro atoms. The van der Waals surface area contributed by atoms with Gasteiger partial charge in [-0.05, 0) is 80.6 Å². The van der Waals surface area contributed by atoms with Crippen LogP contribution in [0.1, 0.15) is 49.0 Å². The van der Waals surface area contributed by atoms with Gasteiger partial charge in [0.1, 0.15) is 24.1 Å². The first kappa shape index (κ1) is 34.4. The summed E-state index contributed by atoms with van der Waals surface area (Å²) in [6, 6.07) is 20.8. The van der Waals surface area contributed by atoms with E-state index in [0.29, 0.717) is 30.4 Å². The topological polar surface area (TPSA) is 140 Å². The zero-order chi connectivity index (χ0) is 33.4. The third-order valence-corrected chi connectivity index (χ3v) is 7.22. The molecule has 3 N–H and O–H groups in total. The van der Waals surface area contributed by atoms with Gasteiger partial charge in [0.15, 0.2) is 5.82 Å². The van der Waals surface area contributed by atoms with Gasteiger partial charge in [0, 0.05) is 35.5 Å². The molecule has 0 aliphatic carbocycles. The van der Waals surface area contributed by atoms with E-state index >= 15 is 0 Å². The number of allylic oxidation sites excluding steroid dienone is 2. The average molecular weight is 637 g/mol. The molecule has 10 nitrogen and oxygen atoms in total. The number of unbranched alkanes of at least 4 members (excludes halogenated alkanes) is 2. The fraction of sp³-hybridized carbons (Fsp3) is 0.270. The van der Waals surface area contributed by atoms with E-state index < -0.39 is 30.4 Å². The lowest BCUT2D eigenvalue weighted by Crippen LogP contribution is -2.49. The smallest absolute Gasteiger partial charge is 0.322 e. The van der Waals surface area contributed by atoms with Crippen LogP contribution in [0.2, 0.25) is 0 Å². The number of carboxylic acids is 1. The molecule has 1 aromatic heterocycles. The molecule has 244 valence electrons. The molecule has 0 saturated carbocycles. The van der Waals surface area contributed by atoms with Crippen molar-refractivity contribution in [1.82, 2.24) is 20.6 Å². The molecule has 0 saturated heterocycles. The number of aromatic nitrogens is 2. The first-order valence-corrected chi connectivity index (χ1v) is 15.6. The number of nitrogens with one attached hydrogen (secondary N) is 2. The first-order chi connectivity index (χ1) is 22.9. The number of aliphatic carboxylic acids is 1. The van der Waals surface area contributed by atoms with Crippen molar-refractivity contribution in [3.63, 3.8) is 0 Å². The predicted octanol–water partition coefficient (Wildman–Crippen LogP) is 5.88. The van der Waals surface area contributed by atoms with Crippen molar-refractivity contribution >= 4 is 17.8 Å². The molecule has 0 aliphatic rings. The van der Waals surface area contributed by atoms with Crippen LogP contribution in [0.15, 0.2) is 97.3 Å². The summed E-state index contributed by atoms with van der Waals surface area (Å²) in [5.41, 5.74) is 3.74. The molecule has 0 unspecified atom stereocenters. The fourth-order valence-corrected chi connectivity index (χ4v) is 4.72. The number of benzene rings is 3. The van der Waals surface area contributed by atoms with Crippen molar-refractivity contribution < 1.29 is 29.0 Å². The fourth-order valence-electron chi connectivity index (χ4n) is 4.72. The lowest BCUT2D eigenvalue weighted by molar-refractivity contribution is -0.138. The van der Waals surface area contributed by atoms with E-state index in [4.69, 9.17) is 14.6 Å². The summed E-state index contributed by atoms with van der Waals surface area (Å²) in [6.45, 7) is 4.51.